The molecule has 0 saturated heterocycles. The zero-order valence-corrected chi connectivity index (χ0v) is 18.3. The van der Waals surface area contributed by atoms with Gasteiger partial charge in [-0.3, -0.25) is 9.78 Å². The number of nitrogens with zero attached hydrogens (tertiary/aromatic N) is 1. The van der Waals surface area contributed by atoms with Crippen molar-refractivity contribution >= 4 is 34.3 Å². The fourth-order valence-corrected chi connectivity index (χ4v) is 3.73. The minimum absolute atomic E-state index is 0.0161. The number of nitrogens with one attached hydrogen (secondary N) is 1. The van der Waals surface area contributed by atoms with Crippen molar-refractivity contribution in [3.8, 4) is 0 Å². The molecular formula is C24H28N2OS. The summed E-state index contributed by atoms with van der Waals surface area (Å²) in [4.78, 5) is 19.3. The molecule has 3 aromatic rings. The summed E-state index contributed by atoms with van der Waals surface area (Å²) in [5.41, 5.74) is 2.58. The number of carbonyl (C=O) groups is 1. The van der Waals surface area contributed by atoms with Gasteiger partial charge in [0.2, 0.25) is 5.91 Å². The third-order valence-electron chi connectivity index (χ3n) is 4.61. The van der Waals surface area contributed by atoms with Crippen LogP contribution in [0, 0.1) is 5.41 Å². The standard InChI is InChI=1S/C24H28N2OS/c1-23(2,3)16-9-11-17(12-10-16)28-20-14-13-19(26-22(27)24(4,5)6)21-18(20)8-7-15-25-21/h7-15H,1-6H3,(H,26,27). The van der Waals surface area contributed by atoms with Crippen molar-refractivity contribution in [3.05, 3.63) is 60.3 Å². The van der Waals surface area contributed by atoms with Gasteiger partial charge in [-0.05, 0) is 41.3 Å². The van der Waals surface area contributed by atoms with E-state index in [4.69, 9.17) is 0 Å². The van der Waals surface area contributed by atoms with Gasteiger partial charge in [-0.2, -0.15) is 0 Å². The van der Waals surface area contributed by atoms with Crippen LogP contribution in [-0.2, 0) is 10.2 Å². The van der Waals surface area contributed by atoms with Crippen LogP contribution in [0.1, 0.15) is 47.1 Å². The Morgan fingerprint density at radius 1 is 0.929 bits per heavy atom. The average Bonchev–Trinajstić information content (AvgIpc) is 2.62. The third-order valence-corrected chi connectivity index (χ3v) is 5.69. The summed E-state index contributed by atoms with van der Waals surface area (Å²) in [5.74, 6) is -0.0161. The normalized spacial score (nSPS) is 12.2. The molecule has 28 heavy (non-hydrogen) atoms. The maximum atomic E-state index is 12.4. The Kier molecular flexibility index (Phi) is 5.53. The van der Waals surface area contributed by atoms with Gasteiger partial charge < -0.3 is 5.32 Å². The molecule has 146 valence electrons. The quantitative estimate of drug-likeness (QED) is 0.541. The van der Waals surface area contributed by atoms with Crippen LogP contribution in [0.2, 0.25) is 0 Å². The molecule has 0 aliphatic rings. The molecule has 1 aromatic heterocycles. The maximum absolute atomic E-state index is 12.4. The van der Waals surface area contributed by atoms with E-state index in [0.29, 0.717) is 0 Å². The first-order valence-corrected chi connectivity index (χ1v) is 10.3. The Labute approximate surface area is 172 Å². The summed E-state index contributed by atoms with van der Waals surface area (Å²) in [6.07, 6.45) is 1.77. The van der Waals surface area contributed by atoms with Crippen LogP contribution in [0.15, 0.2) is 64.5 Å². The number of hydrogen-bond donors (Lipinski definition) is 1. The van der Waals surface area contributed by atoms with Crippen molar-refractivity contribution < 1.29 is 4.79 Å². The van der Waals surface area contributed by atoms with E-state index in [9.17, 15) is 4.79 Å². The number of rotatable bonds is 3. The van der Waals surface area contributed by atoms with E-state index in [1.54, 1.807) is 18.0 Å². The molecular weight excluding hydrogens is 364 g/mol. The SMILES string of the molecule is CC(C)(C)C(=O)Nc1ccc(Sc2ccc(C(C)(C)C)cc2)c2cccnc12. The maximum Gasteiger partial charge on any atom is 0.229 e. The first-order chi connectivity index (χ1) is 13.1. The van der Waals surface area contributed by atoms with Gasteiger partial charge in [0, 0.05) is 26.8 Å². The van der Waals surface area contributed by atoms with E-state index in [0.717, 1.165) is 21.5 Å². The van der Waals surface area contributed by atoms with Gasteiger partial charge in [0.25, 0.3) is 0 Å². The van der Waals surface area contributed by atoms with Gasteiger partial charge in [0.15, 0.2) is 0 Å². The van der Waals surface area contributed by atoms with Crippen LogP contribution in [0.3, 0.4) is 0 Å². The first-order valence-electron chi connectivity index (χ1n) is 9.53. The second kappa shape index (κ2) is 7.59. The molecule has 0 unspecified atom stereocenters. The highest BCUT2D eigenvalue weighted by molar-refractivity contribution is 7.99. The van der Waals surface area contributed by atoms with Crippen LogP contribution in [0.4, 0.5) is 5.69 Å². The Morgan fingerprint density at radius 3 is 2.21 bits per heavy atom. The van der Waals surface area contributed by atoms with E-state index in [1.807, 2.05) is 32.9 Å². The van der Waals surface area contributed by atoms with Crippen molar-refractivity contribution in [3.63, 3.8) is 0 Å². The summed E-state index contributed by atoms with van der Waals surface area (Å²) in [5, 5.41) is 4.07. The Bertz CT molecular complexity index is 996. The fraction of sp³-hybridized carbons (Fsp3) is 0.333. The van der Waals surface area contributed by atoms with E-state index in [1.165, 1.54) is 10.5 Å². The highest BCUT2D eigenvalue weighted by Gasteiger charge is 2.22. The lowest BCUT2D eigenvalue weighted by molar-refractivity contribution is -0.123. The molecule has 0 aliphatic carbocycles. The lowest BCUT2D eigenvalue weighted by atomic mass is 9.87. The lowest BCUT2D eigenvalue weighted by Crippen LogP contribution is -2.27. The molecule has 1 heterocycles. The molecule has 0 bridgehead atoms. The number of carbonyl (C=O) groups excluding carboxylic acids is 1. The van der Waals surface area contributed by atoms with Crippen LogP contribution >= 0.6 is 11.8 Å². The second-order valence-corrected chi connectivity index (χ2v) is 10.2. The number of amides is 1. The molecule has 3 rings (SSSR count). The highest BCUT2D eigenvalue weighted by atomic mass is 32.2. The molecule has 0 fully saturated rings. The molecule has 2 aromatic carbocycles. The molecule has 1 amide bonds. The van der Waals surface area contributed by atoms with Crippen molar-refractivity contribution in [2.24, 2.45) is 5.41 Å². The van der Waals surface area contributed by atoms with E-state index in [-0.39, 0.29) is 11.3 Å². The zero-order valence-electron chi connectivity index (χ0n) is 17.5. The van der Waals surface area contributed by atoms with E-state index >= 15 is 0 Å². The summed E-state index contributed by atoms with van der Waals surface area (Å²) in [6.45, 7) is 12.4. The number of benzene rings is 2. The van der Waals surface area contributed by atoms with E-state index < -0.39 is 5.41 Å². The number of hydrogen-bond acceptors (Lipinski definition) is 3. The van der Waals surface area contributed by atoms with Gasteiger partial charge in [-0.1, -0.05) is 71.5 Å². The summed E-state index contributed by atoms with van der Waals surface area (Å²) in [6, 6.07) is 16.7. The molecule has 1 N–H and O–H groups in total. The number of fused-ring (bicyclic) bond motifs is 1. The minimum Gasteiger partial charge on any atom is -0.324 e. The smallest absolute Gasteiger partial charge is 0.229 e. The first kappa shape index (κ1) is 20.4. The summed E-state index contributed by atoms with van der Waals surface area (Å²) < 4.78 is 0. The lowest BCUT2D eigenvalue weighted by Gasteiger charge is -2.19. The predicted molar refractivity (Wildman–Crippen MR) is 119 cm³/mol. The van der Waals surface area contributed by atoms with E-state index in [2.05, 4.69) is 67.5 Å². The van der Waals surface area contributed by atoms with Crippen molar-refractivity contribution in [1.29, 1.82) is 0 Å². The van der Waals surface area contributed by atoms with Crippen LogP contribution in [0.5, 0.6) is 0 Å². The molecule has 4 heteroatoms. The average molecular weight is 393 g/mol. The largest absolute Gasteiger partial charge is 0.324 e. The third kappa shape index (κ3) is 4.56. The number of aromatic nitrogens is 1. The van der Waals surface area contributed by atoms with Gasteiger partial charge in [-0.15, -0.1) is 0 Å². The zero-order chi connectivity index (χ0) is 20.5. The monoisotopic (exact) mass is 392 g/mol. The fourth-order valence-electron chi connectivity index (χ4n) is 2.80. The molecule has 0 saturated carbocycles. The number of pyridine rings is 1. The highest BCUT2D eigenvalue weighted by Crippen LogP contribution is 2.37. The topological polar surface area (TPSA) is 42.0 Å². The van der Waals surface area contributed by atoms with Gasteiger partial charge in [-0.25, -0.2) is 0 Å². The Morgan fingerprint density at radius 2 is 1.61 bits per heavy atom. The number of anilines is 1. The van der Waals surface area contributed by atoms with Gasteiger partial charge in [0.1, 0.15) is 0 Å². The molecule has 0 radical (unpaired) electrons. The summed E-state index contributed by atoms with van der Waals surface area (Å²) >= 11 is 1.72. The van der Waals surface area contributed by atoms with Crippen LogP contribution in [0.25, 0.3) is 10.9 Å². The molecule has 3 nitrogen and oxygen atoms in total. The van der Waals surface area contributed by atoms with Crippen LogP contribution in [-0.4, -0.2) is 10.9 Å². The summed E-state index contributed by atoms with van der Waals surface area (Å²) in [7, 11) is 0. The predicted octanol–water partition coefficient (Wildman–Crippen LogP) is 6.67. The Balaban J connectivity index is 1.93. The second-order valence-electron chi connectivity index (χ2n) is 9.09. The van der Waals surface area contributed by atoms with Crippen molar-refractivity contribution in [2.45, 2.75) is 56.7 Å². The Hall–Kier alpha value is -2.33. The van der Waals surface area contributed by atoms with Crippen molar-refractivity contribution in [1.82, 2.24) is 4.98 Å². The van der Waals surface area contributed by atoms with Gasteiger partial charge >= 0.3 is 0 Å². The van der Waals surface area contributed by atoms with Gasteiger partial charge in [0.05, 0.1) is 11.2 Å². The molecule has 0 aliphatic heterocycles. The molecule has 0 spiro atoms. The minimum atomic E-state index is -0.455. The van der Waals surface area contributed by atoms with Crippen molar-refractivity contribution in [2.75, 3.05) is 5.32 Å². The van der Waals surface area contributed by atoms with Crippen LogP contribution < -0.4 is 5.32 Å². The molecule has 0 atom stereocenters.